The number of hydrogen-bond acceptors (Lipinski definition) is 8. The van der Waals surface area contributed by atoms with Gasteiger partial charge in [-0.05, 0) is 0 Å². The fraction of sp³-hybridized carbons (Fsp3) is 0.500. The summed E-state index contributed by atoms with van der Waals surface area (Å²) in [6.07, 6.45) is -2.29. The van der Waals surface area contributed by atoms with Crippen LogP contribution in [0.15, 0.2) is 0 Å². The summed E-state index contributed by atoms with van der Waals surface area (Å²) >= 11 is 0. The van der Waals surface area contributed by atoms with Crippen LogP contribution >= 0.6 is 0 Å². The molecule has 19 heavy (non-hydrogen) atoms. The number of carbonyl (C=O) groups is 3. The molecule has 0 aliphatic heterocycles. The van der Waals surface area contributed by atoms with Crippen molar-refractivity contribution in [1.82, 2.24) is 0 Å². The second-order valence-electron chi connectivity index (χ2n) is 3.08. The normalized spacial score (nSPS) is 10.6. The molecule has 0 aliphatic rings. The second-order valence-corrected chi connectivity index (χ2v) is 4.28. The predicted octanol–water partition coefficient (Wildman–Crippen LogP) is -3.70. The van der Waals surface area contributed by atoms with Gasteiger partial charge in [0.05, 0.1) is 12.8 Å². The minimum Gasteiger partial charge on any atom is -0.481 e. The number of halogens is 1. The standard InChI is InChI=1S/C6H8O7.FH.H4O4Si/c7-3(8)1-6(13,5(11)12)2-4(9)10;;1-5(2,3)4/h13H,1-2H2,(H,7,8)(H,9,10)(H,11,12);1H;1-4H. The minimum atomic E-state index is -4.61. The number of carboxylic acid groups (broad SMARTS) is 3. The van der Waals surface area contributed by atoms with Gasteiger partial charge in [0.15, 0.2) is 5.60 Å². The Morgan fingerprint density at radius 2 is 1.05 bits per heavy atom. The molecule has 8 N–H and O–H groups in total. The van der Waals surface area contributed by atoms with E-state index in [1.807, 2.05) is 0 Å². The van der Waals surface area contributed by atoms with Crippen LogP contribution in [0.2, 0.25) is 0 Å². The van der Waals surface area contributed by atoms with E-state index in [1.54, 1.807) is 0 Å². The molecule has 0 aromatic heterocycles. The van der Waals surface area contributed by atoms with E-state index in [1.165, 1.54) is 0 Å². The van der Waals surface area contributed by atoms with E-state index < -0.39 is 45.4 Å². The lowest BCUT2D eigenvalue weighted by Crippen LogP contribution is -2.42. The molecule has 0 atom stereocenters. The minimum absolute atomic E-state index is 0. The van der Waals surface area contributed by atoms with Gasteiger partial charge in [0, 0.05) is 0 Å². The van der Waals surface area contributed by atoms with Gasteiger partial charge >= 0.3 is 27.0 Å². The number of aliphatic carboxylic acids is 3. The first-order valence-electron chi connectivity index (χ1n) is 4.07. The lowest BCUT2D eigenvalue weighted by atomic mass is 9.96. The lowest BCUT2D eigenvalue weighted by molar-refractivity contribution is -0.170. The molecular formula is C6H13FO11Si. The monoisotopic (exact) mass is 308 g/mol. The van der Waals surface area contributed by atoms with Crippen molar-refractivity contribution < 1.29 is 58.7 Å². The summed E-state index contributed by atoms with van der Waals surface area (Å²) in [5, 5.41) is 33.8. The average molecular weight is 308 g/mol. The van der Waals surface area contributed by atoms with Crippen molar-refractivity contribution in [2.75, 3.05) is 0 Å². The van der Waals surface area contributed by atoms with Crippen molar-refractivity contribution in [2.45, 2.75) is 18.4 Å². The van der Waals surface area contributed by atoms with Crippen molar-refractivity contribution in [1.29, 1.82) is 0 Å². The van der Waals surface area contributed by atoms with Crippen LogP contribution in [0, 0.1) is 0 Å². The summed E-state index contributed by atoms with van der Waals surface area (Å²) in [6.45, 7) is 0. The zero-order valence-electron chi connectivity index (χ0n) is 9.12. The molecule has 114 valence electrons. The van der Waals surface area contributed by atoms with Crippen LogP contribution in [0.4, 0.5) is 4.70 Å². The molecule has 0 bridgehead atoms. The highest BCUT2D eigenvalue weighted by Gasteiger charge is 2.40. The Morgan fingerprint density at radius 1 is 0.842 bits per heavy atom. The zero-order valence-corrected chi connectivity index (χ0v) is 10.1. The van der Waals surface area contributed by atoms with Crippen LogP contribution in [-0.2, 0) is 14.4 Å². The van der Waals surface area contributed by atoms with E-state index in [2.05, 4.69) is 0 Å². The molecular weight excluding hydrogens is 295 g/mol. The van der Waals surface area contributed by atoms with Gasteiger partial charge in [-0.1, -0.05) is 0 Å². The van der Waals surface area contributed by atoms with Crippen LogP contribution in [0.3, 0.4) is 0 Å². The van der Waals surface area contributed by atoms with Crippen LogP contribution in [0.1, 0.15) is 12.8 Å². The van der Waals surface area contributed by atoms with Crippen molar-refractivity contribution in [2.24, 2.45) is 0 Å². The van der Waals surface area contributed by atoms with Gasteiger partial charge in [-0.25, -0.2) is 4.79 Å². The van der Waals surface area contributed by atoms with Crippen LogP contribution in [0.5, 0.6) is 0 Å². The summed E-state index contributed by atoms with van der Waals surface area (Å²) in [4.78, 5) is 59.8. The lowest BCUT2D eigenvalue weighted by Gasteiger charge is -2.18. The molecule has 0 spiro atoms. The van der Waals surface area contributed by atoms with E-state index in [4.69, 9.17) is 39.6 Å². The Balaban J connectivity index is -0.000000366. The molecule has 11 nitrogen and oxygen atoms in total. The van der Waals surface area contributed by atoms with Crippen LogP contribution in [0.25, 0.3) is 0 Å². The van der Waals surface area contributed by atoms with E-state index >= 15 is 0 Å². The molecule has 0 unspecified atom stereocenters. The van der Waals surface area contributed by atoms with E-state index in [-0.39, 0.29) is 4.70 Å². The van der Waals surface area contributed by atoms with Gasteiger partial charge in [0.1, 0.15) is 0 Å². The van der Waals surface area contributed by atoms with E-state index in [0.717, 1.165) is 0 Å². The largest absolute Gasteiger partial charge is 0.668 e. The first-order chi connectivity index (χ1) is 7.78. The van der Waals surface area contributed by atoms with Gasteiger partial charge in [-0.2, -0.15) is 0 Å². The molecule has 0 saturated heterocycles. The van der Waals surface area contributed by atoms with Gasteiger partial charge in [0.25, 0.3) is 0 Å². The third-order valence-corrected chi connectivity index (χ3v) is 1.29. The fourth-order valence-electron chi connectivity index (χ4n) is 0.714. The van der Waals surface area contributed by atoms with Crippen molar-refractivity contribution in [3.8, 4) is 0 Å². The molecule has 0 heterocycles. The highest BCUT2D eigenvalue weighted by atomic mass is 28.4. The van der Waals surface area contributed by atoms with Gasteiger partial charge < -0.3 is 39.6 Å². The molecule has 13 heteroatoms. The Hall–Kier alpha value is -1.64. The van der Waals surface area contributed by atoms with E-state index in [0.29, 0.717) is 0 Å². The van der Waals surface area contributed by atoms with Crippen molar-refractivity contribution in [3.63, 3.8) is 0 Å². The average Bonchev–Trinajstić information content (AvgIpc) is 1.95. The molecule has 0 aromatic carbocycles. The summed E-state index contributed by atoms with van der Waals surface area (Å²) in [6, 6.07) is 0. The topological polar surface area (TPSA) is 213 Å². The van der Waals surface area contributed by atoms with Crippen LogP contribution < -0.4 is 0 Å². The summed E-state index contributed by atoms with van der Waals surface area (Å²) in [7, 11) is -4.61. The fourth-order valence-corrected chi connectivity index (χ4v) is 0.714. The Morgan fingerprint density at radius 3 is 1.16 bits per heavy atom. The summed E-state index contributed by atoms with van der Waals surface area (Å²) in [5.41, 5.74) is -2.74. The highest BCUT2D eigenvalue weighted by molar-refractivity contribution is 6.46. The molecule has 0 rings (SSSR count). The first-order valence-corrected chi connectivity index (χ1v) is 5.85. The SMILES string of the molecule is F.O=C(O)CC(O)(CC(=O)O)C(=O)O.O[Si](O)(O)O. The van der Waals surface area contributed by atoms with Gasteiger partial charge in [-0.15, -0.1) is 0 Å². The molecule has 0 amide bonds. The van der Waals surface area contributed by atoms with Crippen LogP contribution in [-0.4, -0.2) is 72.2 Å². The number of rotatable bonds is 5. The maximum Gasteiger partial charge on any atom is 0.668 e. The Bertz CT molecular complexity index is 302. The van der Waals surface area contributed by atoms with Crippen molar-refractivity contribution in [3.05, 3.63) is 0 Å². The molecule has 0 aromatic rings. The Labute approximate surface area is 105 Å². The third-order valence-electron chi connectivity index (χ3n) is 1.29. The van der Waals surface area contributed by atoms with Gasteiger partial charge in [-0.3, -0.25) is 14.3 Å². The van der Waals surface area contributed by atoms with Crippen molar-refractivity contribution >= 4 is 27.0 Å². The third kappa shape index (κ3) is 16.4. The quantitative estimate of drug-likeness (QED) is 0.231. The predicted molar refractivity (Wildman–Crippen MR) is 54.2 cm³/mol. The molecule has 0 aliphatic carbocycles. The molecule has 0 fully saturated rings. The second kappa shape index (κ2) is 8.46. The molecule has 0 saturated carbocycles. The smallest absolute Gasteiger partial charge is 0.481 e. The maximum absolute atomic E-state index is 10.3. The van der Waals surface area contributed by atoms with E-state index in [9.17, 15) is 14.4 Å². The number of aliphatic hydroxyl groups is 1. The number of hydrogen-bond donors (Lipinski definition) is 8. The number of carboxylic acids is 3. The Kier molecular flexibility index (Phi) is 10.0. The highest BCUT2D eigenvalue weighted by Crippen LogP contribution is 2.15. The first kappa shape index (κ1) is 22.5. The summed E-state index contributed by atoms with van der Waals surface area (Å²) in [5.74, 6) is -5.02. The van der Waals surface area contributed by atoms with Gasteiger partial charge in [0.2, 0.25) is 0 Å². The summed E-state index contributed by atoms with van der Waals surface area (Å²) < 4.78 is 0. The zero-order chi connectivity index (χ0) is 15.1. The maximum atomic E-state index is 10.3. The molecule has 0 radical (unpaired) electrons.